The van der Waals surface area contributed by atoms with E-state index in [1.165, 1.54) is 5.57 Å². The molecular weight excluding hydrogens is 370 g/mol. The number of para-hydroxylation sites is 1. The van der Waals surface area contributed by atoms with E-state index in [2.05, 4.69) is 32.2 Å². The molecule has 6 nitrogen and oxygen atoms in total. The second kappa shape index (κ2) is 7.74. The quantitative estimate of drug-likeness (QED) is 0.568. The van der Waals surface area contributed by atoms with Crippen LogP contribution in [0.2, 0.25) is 0 Å². The molecule has 2 heterocycles. The molecule has 0 unspecified atom stereocenters. The van der Waals surface area contributed by atoms with Gasteiger partial charge >= 0.3 is 6.09 Å². The maximum absolute atomic E-state index is 12.5. The van der Waals surface area contributed by atoms with Crippen molar-refractivity contribution in [3.8, 4) is 0 Å². The number of benzene rings is 1. The van der Waals surface area contributed by atoms with Crippen molar-refractivity contribution in [2.24, 2.45) is 5.92 Å². The fourth-order valence-electron chi connectivity index (χ4n) is 4.88. The number of hydrogen-bond donors (Lipinski definition) is 1. The van der Waals surface area contributed by atoms with Gasteiger partial charge in [0, 0.05) is 12.8 Å². The standard InChI is InChI=1S/C23H31NO5/c1-15(2)10-11-18-22(3,29-18)20-19(26-4)17(12-13-23(20)14-27-23)28-21(25)24-16-8-6-5-7-9-16/h5-10,17-20H,11-14H2,1-4H3,(H,24,25)/t17-,18-,19-,20-,22+,23+/m1/s1. The van der Waals surface area contributed by atoms with Gasteiger partial charge in [0.25, 0.3) is 0 Å². The first-order valence-electron chi connectivity index (χ1n) is 10.4. The lowest BCUT2D eigenvalue weighted by atomic mass is 9.68. The van der Waals surface area contributed by atoms with Gasteiger partial charge in [-0.1, -0.05) is 29.8 Å². The van der Waals surface area contributed by atoms with Gasteiger partial charge in [0.1, 0.15) is 23.4 Å². The van der Waals surface area contributed by atoms with Crippen molar-refractivity contribution in [1.82, 2.24) is 0 Å². The molecule has 2 aliphatic heterocycles. The average molecular weight is 402 g/mol. The Morgan fingerprint density at radius 2 is 2.03 bits per heavy atom. The molecule has 1 amide bonds. The first-order chi connectivity index (χ1) is 13.9. The molecule has 1 saturated carbocycles. The normalized spacial score (nSPS) is 37.7. The maximum Gasteiger partial charge on any atom is 0.411 e. The summed E-state index contributed by atoms with van der Waals surface area (Å²) >= 11 is 0. The minimum absolute atomic E-state index is 0.0267. The molecule has 2 saturated heterocycles. The third-order valence-electron chi connectivity index (χ3n) is 6.52. The Bertz CT molecular complexity index is 771. The predicted molar refractivity (Wildman–Crippen MR) is 110 cm³/mol. The van der Waals surface area contributed by atoms with Crippen molar-refractivity contribution in [2.45, 2.75) is 69.5 Å². The molecule has 0 aromatic heterocycles. The Kier molecular flexibility index (Phi) is 5.44. The van der Waals surface area contributed by atoms with E-state index in [1.807, 2.05) is 30.3 Å². The molecule has 6 atom stereocenters. The maximum atomic E-state index is 12.5. The average Bonchev–Trinajstić information content (AvgIpc) is 3.60. The van der Waals surface area contributed by atoms with E-state index in [0.717, 1.165) is 19.4 Å². The van der Waals surface area contributed by atoms with Gasteiger partial charge in [0.2, 0.25) is 0 Å². The fraction of sp³-hybridized carbons (Fsp3) is 0.609. The molecule has 1 aromatic rings. The molecule has 29 heavy (non-hydrogen) atoms. The molecule has 1 aromatic carbocycles. The highest BCUT2D eigenvalue weighted by Gasteiger charge is 2.72. The summed E-state index contributed by atoms with van der Waals surface area (Å²) in [4.78, 5) is 12.5. The summed E-state index contributed by atoms with van der Waals surface area (Å²) in [5, 5.41) is 2.79. The summed E-state index contributed by atoms with van der Waals surface area (Å²) in [6.45, 7) is 7.05. The number of methoxy groups -OCH3 is 1. The van der Waals surface area contributed by atoms with Crippen molar-refractivity contribution in [2.75, 3.05) is 19.0 Å². The number of allylic oxidation sites excluding steroid dienone is 1. The highest BCUT2D eigenvalue weighted by molar-refractivity contribution is 5.84. The molecular formula is C23H31NO5. The van der Waals surface area contributed by atoms with Crippen LogP contribution < -0.4 is 5.32 Å². The van der Waals surface area contributed by atoms with Crippen molar-refractivity contribution in [1.29, 1.82) is 0 Å². The van der Waals surface area contributed by atoms with Gasteiger partial charge in [-0.25, -0.2) is 4.79 Å². The van der Waals surface area contributed by atoms with E-state index in [-0.39, 0.29) is 35.4 Å². The topological polar surface area (TPSA) is 72.6 Å². The van der Waals surface area contributed by atoms with Crippen LogP contribution >= 0.6 is 0 Å². The summed E-state index contributed by atoms with van der Waals surface area (Å²) < 4.78 is 23.8. The van der Waals surface area contributed by atoms with E-state index in [1.54, 1.807) is 7.11 Å². The van der Waals surface area contributed by atoms with Crippen molar-refractivity contribution in [3.05, 3.63) is 42.0 Å². The highest BCUT2D eigenvalue weighted by atomic mass is 16.6. The Balaban J connectivity index is 1.47. The molecule has 4 rings (SSSR count). The van der Waals surface area contributed by atoms with Crippen LogP contribution in [-0.4, -0.2) is 49.3 Å². The van der Waals surface area contributed by atoms with Crippen molar-refractivity contribution < 1.29 is 23.7 Å². The van der Waals surface area contributed by atoms with Gasteiger partial charge in [-0.15, -0.1) is 0 Å². The third-order valence-corrected chi connectivity index (χ3v) is 6.52. The summed E-state index contributed by atoms with van der Waals surface area (Å²) in [6, 6.07) is 9.31. The Morgan fingerprint density at radius 3 is 2.66 bits per heavy atom. The minimum Gasteiger partial charge on any atom is -0.443 e. The molecule has 1 spiro atoms. The van der Waals surface area contributed by atoms with Crippen LogP contribution in [0.15, 0.2) is 42.0 Å². The summed E-state index contributed by atoms with van der Waals surface area (Å²) in [7, 11) is 1.68. The molecule has 3 fully saturated rings. The lowest BCUT2D eigenvalue weighted by molar-refractivity contribution is -0.116. The smallest absolute Gasteiger partial charge is 0.411 e. The molecule has 1 aliphatic carbocycles. The zero-order valence-corrected chi connectivity index (χ0v) is 17.6. The number of hydrogen-bond acceptors (Lipinski definition) is 5. The number of epoxide rings is 2. The molecule has 0 bridgehead atoms. The molecule has 1 N–H and O–H groups in total. The van der Waals surface area contributed by atoms with Crippen LogP contribution in [-0.2, 0) is 18.9 Å². The van der Waals surface area contributed by atoms with E-state index in [0.29, 0.717) is 12.1 Å². The number of carbonyl (C=O) groups is 1. The highest BCUT2D eigenvalue weighted by Crippen LogP contribution is 2.59. The zero-order valence-electron chi connectivity index (χ0n) is 17.6. The van der Waals surface area contributed by atoms with Crippen LogP contribution in [0.4, 0.5) is 10.5 Å². The van der Waals surface area contributed by atoms with Gasteiger partial charge in [-0.05, 0) is 52.2 Å². The second-order valence-corrected chi connectivity index (χ2v) is 8.81. The largest absolute Gasteiger partial charge is 0.443 e. The van der Waals surface area contributed by atoms with E-state index >= 15 is 0 Å². The second-order valence-electron chi connectivity index (χ2n) is 8.81. The fourth-order valence-corrected chi connectivity index (χ4v) is 4.88. The number of ether oxygens (including phenoxy) is 4. The summed E-state index contributed by atoms with van der Waals surface area (Å²) in [5.74, 6) is 0.0267. The van der Waals surface area contributed by atoms with Crippen LogP contribution in [0, 0.1) is 5.92 Å². The monoisotopic (exact) mass is 401 g/mol. The van der Waals surface area contributed by atoms with Gasteiger partial charge in [-0.3, -0.25) is 5.32 Å². The van der Waals surface area contributed by atoms with Crippen LogP contribution in [0.3, 0.4) is 0 Å². The number of rotatable bonds is 6. The van der Waals surface area contributed by atoms with E-state index in [4.69, 9.17) is 18.9 Å². The predicted octanol–water partition coefficient (Wildman–Crippen LogP) is 4.31. The van der Waals surface area contributed by atoms with Gasteiger partial charge in [0.05, 0.1) is 18.6 Å². The third kappa shape index (κ3) is 4.06. The van der Waals surface area contributed by atoms with E-state index < -0.39 is 6.09 Å². The number of carbonyl (C=O) groups excluding carboxylic acids is 1. The van der Waals surface area contributed by atoms with Crippen LogP contribution in [0.25, 0.3) is 0 Å². The minimum atomic E-state index is -0.461. The van der Waals surface area contributed by atoms with Gasteiger partial charge in [-0.2, -0.15) is 0 Å². The molecule has 6 heteroatoms. The summed E-state index contributed by atoms with van der Waals surface area (Å²) in [5.41, 5.74) is 1.44. The zero-order chi connectivity index (χ0) is 20.6. The van der Waals surface area contributed by atoms with E-state index in [9.17, 15) is 4.79 Å². The Hall–Kier alpha value is -1.89. The summed E-state index contributed by atoms with van der Waals surface area (Å²) in [6.07, 6.45) is 3.71. The van der Waals surface area contributed by atoms with Crippen LogP contribution in [0.1, 0.15) is 40.0 Å². The number of anilines is 1. The van der Waals surface area contributed by atoms with Crippen molar-refractivity contribution >= 4 is 11.8 Å². The van der Waals surface area contributed by atoms with Gasteiger partial charge < -0.3 is 18.9 Å². The first kappa shape index (κ1) is 20.4. The Morgan fingerprint density at radius 1 is 1.31 bits per heavy atom. The SMILES string of the molecule is CO[C@@H]1[C@H](OC(=O)Nc2ccccc2)CC[C@]2(CO2)[C@H]1[C@@]1(C)O[C@@H]1CC=C(C)C. The van der Waals surface area contributed by atoms with Crippen molar-refractivity contribution in [3.63, 3.8) is 0 Å². The lowest BCUT2D eigenvalue weighted by Crippen LogP contribution is -2.55. The van der Waals surface area contributed by atoms with Gasteiger partial charge in [0.15, 0.2) is 0 Å². The first-order valence-corrected chi connectivity index (χ1v) is 10.4. The molecule has 0 radical (unpaired) electrons. The lowest BCUT2D eigenvalue weighted by Gasteiger charge is -2.42. The number of nitrogens with one attached hydrogen (secondary N) is 1. The van der Waals surface area contributed by atoms with Crippen LogP contribution in [0.5, 0.6) is 0 Å². The number of amides is 1. The molecule has 3 aliphatic rings. The molecule has 158 valence electrons. The Labute approximate surface area is 172 Å².